The number of halogens is 10. The second kappa shape index (κ2) is 20.3. The molecule has 0 aliphatic carbocycles. The molecule has 1 aliphatic heterocycles. The van der Waals surface area contributed by atoms with Crippen LogP contribution in [0.1, 0.15) is 63.8 Å². The van der Waals surface area contributed by atoms with Crippen molar-refractivity contribution >= 4 is 44.6 Å². The summed E-state index contributed by atoms with van der Waals surface area (Å²) in [7, 11) is 0. The number of fused-ring (bicyclic) bond motifs is 4. The van der Waals surface area contributed by atoms with Crippen LogP contribution in [0.4, 0.5) is 66.7 Å². The topological polar surface area (TPSA) is 33.5 Å². The zero-order valence-electron chi connectivity index (χ0n) is 43.9. The van der Waals surface area contributed by atoms with Gasteiger partial charge in [0.25, 0.3) is 0 Å². The molecule has 8 aromatic carbocycles. The largest absolute Gasteiger partial charge is 0.509 e. The van der Waals surface area contributed by atoms with Gasteiger partial charge in [-0.3, -0.25) is 0 Å². The summed E-state index contributed by atoms with van der Waals surface area (Å²) in [5.41, 5.74) is -0.519. The van der Waals surface area contributed by atoms with Crippen molar-refractivity contribution in [2.75, 3.05) is 9.80 Å². The van der Waals surface area contributed by atoms with E-state index in [4.69, 9.17) is 9.72 Å². The summed E-state index contributed by atoms with van der Waals surface area (Å²) in [6, 6.07) is 40.0. The summed E-state index contributed by atoms with van der Waals surface area (Å²) in [5.74, 6) is -22.6. The van der Waals surface area contributed by atoms with Crippen molar-refractivity contribution in [3.8, 4) is 50.7 Å². The molecule has 0 saturated carbocycles. The van der Waals surface area contributed by atoms with Crippen LogP contribution in [-0.4, -0.2) is 9.55 Å². The second-order valence-electron chi connectivity index (χ2n) is 21.5. The Morgan fingerprint density at radius 2 is 1.01 bits per heavy atom. The maximum absolute atomic E-state index is 16.4. The molecule has 5 nitrogen and oxygen atoms in total. The molecule has 0 saturated heterocycles. The van der Waals surface area contributed by atoms with Gasteiger partial charge in [0, 0.05) is 72.5 Å². The molecule has 410 valence electrons. The van der Waals surface area contributed by atoms with E-state index in [0.29, 0.717) is 16.9 Å². The summed E-state index contributed by atoms with van der Waals surface area (Å²) < 4.78 is 166. The normalized spacial score (nSPS) is 12.7. The van der Waals surface area contributed by atoms with Gasteiger partial charge >= 0.3 is 0 Å². The van der Waals surface area contributed by atoms with Crippen LogP contribution >= 0.6 is 0 Å². The second-order valence-corrected chi connectivity index (χ2v) is 21.5. The Morgan fingerprint density at radius 3 is 1.57 bits per heavy atom. The summed E-state index contributed by atoms with van der Waals surface area (Å²) in [4.78, 5) is 7.44. The molecule has 10 aromatic rings. The SMILES string of the molecule is Cc1cccc(C)c1-c1cc(Oc2[c-]c3c(cc2)c2ccccc2n3-c2cc(C(C)(C)C)ccn2)[c-]c(N2[CH-]N(c3c(-c4c(F)c(F)c(F)c(F)c4F)cc(C(C)(C)C)cc3-c3c(F)c(F)c(F)c(F)c3F)c3ccccc32)c1.[Pt]. The molecule has 80 heavy (non-hydrogen) atoms. The minimum absolute atomic E-state index is 0. The van der Waals surface area contributed by atoms with Gasteiger partial charge in [0.15, 0.2) is 46.5 Å². The Kier molecular flexibility index (Phi) is 14.1. The number of nitrogens with zero attached hydrogens (tertiary/aromatic N) is 4. The number of anilines is 4. The van der Waals surface area contributed by atoms with Gasteiger partial charge in [-0.1, -0.05) is 95.6 Å². The van der Waals surface area contributed by atoms with Gasteiger partial charge in [-0.2, -0.15) is 6.07 Å². The molecule has 1 aliphatic rings. The first kappa shape index (κ1) is 55.4. The maximum Gasteiger partial charge on any atom is 0.200 e. The molecule has 0 bridgehead atoms. The maximum atomic E-state index is 16.4. The van der Waals surface area contributed by atoms with Crippen LogP contribution in [0.5, 0.6) is 11.5 Å². The van der Waals surface area contributed by atoms with E-state index in [-0.39, 0.29) is 60.6 Å². The molecule has 0 unspecified atom stereocenters. The van der Waals surface area contributed by atoms with Crippen molar-refractivity contribution in [3.05, 3.63) is 221 Å². The van der Waals surface area contributed by atoms with Crippen LogP contribution in [0.25, 0.3) is 61.0 Å². The van der Waals surface area contributed by atoms with E-state index < -0.39 is 91.5 Å². The fourth-order valence-corrected chi connectivity index (χ4v) is 10.3. The van der Waals surface area contributed by atoms with Crippen LogP contribution < -0.4 is 14.5 Å². The fourth-order valence-electron chi connectivity index (χ4n) is 10.3. The third-order valence-corrected chi connectivity index (χ3v) is 14.3. The molecule has 0 amide bonds. The molecule has 2 aromatic heterocycles. The van der Waals surface area contributed by atoms with Gasteiger partial charge in [0.05, 0.1) is 11.1 Å². The zero-order valence-corrected chi connectivity index (χ0v) is 46.2. The Balaban J connectivity index is 0.00000720. The quantitative estimate of drug-likeness (QED) is 0.0657. The summed E-state index contributed by atoms with van der Waals surface area (Å²) in [5, 5.41) is 1.82. The average Bonchev–Trinajstić information content (AvgIpc) is 4.11. The molecular formula is C64H45F10N4OPt-3. The first-order valence-corrected chi connectivity index (χ1v) is 24.9. The molecule has 0 spiro atoms. The van der Waals surface area contributed by atoms with Crippen LogP contribution in [0.15, 0.2) is 121 Å². The molecular weight excluding hydrogens is 1230 g/mol. The number of ether oxygens (including phenoxy) is 1. The minimum atomic E-state index is -2.49. The van der Waals surface area contributed by atoms with E-state index in [1.807, 2.05) is 79.1 Å². The predicted octanol–water partition coefficient (Wildman–Crippen LogP) is 18.6. The summed E-state index contributed by atoms with van der Waals surface area (Å²) in [6.45, 7) is 16.2. The monoisotopic (exact) mass is 1270 g/mol. The van der Waals surface area contributed by atoms with Gasteiger partial charge < -0.3 is 19.1 Å². The van der Waals surface area contributed by atoms with Gasteiger partial charge in [0.1, 0.15) is 5.82 Å². The number of aryl methyl sites for hydroxylation is 2. The van der Waals surface area contributed by atoms with Crippen molar-refractivity contribution in [2.45, 2.75) is 66.2 Å². The molecule has 0 N–H and O–H groups in total. The van der Waals surface area contributed by atoms with Crippen LogP contribution in [0.3, 0.4) is 0 Å². The Labute approximate surface area is 469 Å². The molecule has 11 rings (SSSR count). The van der Waals surface area contributed by atoms with E-state index in [0.717, 1.165) is 55.6 Å². The van der Waals surface area contributed by atoms with Crippen molar-refractivity contribution in [1.82, 2.24) is 9.55 Å². The number of aromatic nitrogens is 2. The van der Waals surface area contributed by atoms with Crippen LogP contribution in [0.2, 0.25) is 0 Å². The van der Waals surface area contributed by atoms with E-state index in [9.17, 15) is 8.78 Å². The summed E-state index contributed by atoms with van der Waals surface area (Å²) >= 11 is 0. The van der Waals surface area contributed by atoms with Gasteiger partial charge in [-0.25, -0.2) is 48.9 Å². The van der Waals surface area contributed by atoms with Crippen molar-refractivity contribution < 1.29 is 69.7 Å². The van der Waals surface area contributed by atoms with Crippen molar-refractivity contribution in [3.63, 3.8) is 0 Å². The van der Waals surface area contributed by atoms with Gasteiger partial charge in [-0.05, 0) is 100 Å². The number of hydrogen-bond acceptors (Lipinski definition) is 4. The Bertz CT molecular complexity index is 4010. The molecule has 3 heterocycles. The third-order valence-electron chi connectivity index (χ3n) is 14.3. The number of rotatable bonds is 8. The van der Waals surface area contributed by atoms with Crippen molar-refractivity contribution in [2.24, 2.45) is 0 Å². The molecule has 0 fully saturated rings. The smallest absolute Gasteiger partial charge is 0.200 e. The van der Waals surface area contributed by atoms with E-state index >= 15 is 35.1 Å². The fraction of sp³-hybridized carbons (Fsp3) is 0.156. The van der Waals surface area contributed by atoms with Gasteiger partial charge in [0.2, 0.25) is 11.6 Å². The third kappa shape index (κ3) is 9.16. The van der Waals surface area contributed by atoms with Crippen molar-refractivity contribution in [1.29, 1.82) is 0 Å². The van der Waals surface area contributed by atoms with Gasteiger partial charge in [-0.15, -0.1) is 53.6 Å². The number of benzene rings is 8. The minimum Gasteiger partial charge on any atom is -0.509 e. The number of para-hydroxylation sites is 3. The number of pyridine rings is 1. The first-order valence-electron chi connectivity index (χ1n) is 24.9. The average molecular weight is 1270 g/mol. The zero-order chi connectivity index (χ0) is 56.3. The molecule has 0 atom stereocenters. The van der Waals surface area contributed by atoms with E-state index in [1.54, 1.807) is 57.3 Å². The van der Waals surface area contributed by atoms with Crippen LogP contribution in [0, 0.1) is 90.8 Å². The molecule has 0 radical (unpaired) electrons. The van der Waals surface area contributed by atoms with E-state index in [2.05, 4.69) is 32.9 Å². The Morgan fingerprint density at radius 1 is 0.487 bits per heavy atom. The predicted molar refractivity (Wildman–Crippen MR) is 287 cm³/mol. The first-order chi connectivity index (χ1) is 37.4. The molecule has 16 heteroatoms. The van der Waals surface area contributed by atoms with Crippen LogP contribution in [-0.2, 0) is 31.9 Å². The standard InChI is InChI=1S/C64H45F10N4O.Pt/c1-32-14-13-15-33(2)49(32)34-24-37(29-39(25-34)79-38-20-21-41-40-16-9-10-17-44(40)78(47(41)30-38)48-28-35(22-23-75-48)63(3,4)5)76-31-77(46-19-12-11-18-45(46)76)62-42(50-52(65)56(69)60(73)57(70)53(50)66)26-36(64(6,7)8)27-43(62)51-54(67)58(71)61(74)59(72)55(51)68;/h9-28,31H,1-8H3;/q-3;. The Hall–Kier alpha value is -7.90. The van der Waals surface area contributed by atoms with E-state index in [1.165, 1.54) is 23.7 Å². The summed E-state index contributed by atoms with van der Waals surface area (Å²) in [6.07, 6.45) is 1.77. The number of hydrogen-bond donors (Lipinski definition) is 0.